The van der Waals surface area contributed by atoms with Crippen LogP contribution in [-0.2, 0) is 0 Å². The summed E-state index contributed by atoms with van der Waals surface area (Å²) in [6, 6.07) is 15.6. The Bertz CT molecular complexity index is 744. The fourth-order valence-electron chi connectivity index (χ4n) is 1.94. The summed E-state index contributed by atoms with van der Waals surface area (Å²) in [5.41, 5.74) is 0.729. The monoisotopic (exact) mass is 280 g/mol. The van der Waals surface area contributed by atoms with Gasteiger partial charge in [-0.3, -0.25) is 4.79 Å². The molecule has 0 aliphatic rings. The van der Waals surface area contributed by atoms with Crippen LogP contribution in [0.25, 0.3) is 10.8 Å². The molecule has 0 saturated heterocycles. The Balaban J connectivity index is 1.75. The molecule has 3 nitrogen and oxygen atoms in total. The maximum atomic E-state index is 12.2. The van der Waals surface area contributed by atoms with Crippen LogP contribution in [0, 0.1) is 0 Å². The van der Waals surface area contributed by atoms with Crippen molar-refractivity contribution < 1.29 is 4.79 Å². The summed E-state index contributed by atoms with van der Waals surface area (Å²) in [7, 11) is 0. The normalized spacial score (nSPS) is 10.6. The summed E-state index contributed by atoms with van der Waals surface area (Å²) in [6.07, 6.45) is 3.35. The number of nitrogens with zero attached hydrogens (tertiary/aromatic N) is 2. The van der Waals surface area contributed by atoms with Crippen molar-refractivity contribution in [1.82, 2.24) is 9.97 Å². The molecule has 1 aromatic heterocycles. The number of hydrogen-bond acceptors (Lipinski definition) is 4. The van der Waals surface area contributed by atoms with Crippen molar-refractivity contribution in [3.8, 4) is 0 Å². The van der Waals surface area contributed by atoms with Gasteiger partial charge in [-0.05, 0) is 22.9 Å². The first-order chi connectivity index (χ1) is 9.83. The van der Waals surface area contributed by atoms with Gasteiger partial charge >= 0.3 is 0 Å². The molecule has 20 heavy (non-hydrogen) atoms. The summed E-state index contributed by atoms with van der Waals surface area (Å²) in [4.78, 5) is 20.4. The Labute approximate surface area is 121 Å². The molecule has 0 aliphatic heterocycles. The minimum absolute atomic E-state index is 0.0909. The number of fused-ring (bicyclic) bond motifs is 1. The van der Waals surface area contributed by atoms with Gasteiger partial charge in [-0.25, -0.2) is 9.97 Å². The van der Waals surface area contributed by atoms with Crippen molar-refractivity contribution in [3.63, 3.8) is 0 Å². The van der Waals surface area contributed by atoms with Crippen molar-refractivity contribution in [2.24, 2.45) is 0 Å². The maximum absolute atomic E-state index is 12.2. The highest BCUT2D eigenvalue weighted by atomic mass is 32.2. The Morgan fingerprint density at radius 2 is 1.70 bits per heavy atom. The Morgan fingerprint density at radius 3 is 2.50 bits per heavy atom. The van der Waals surface area contributed by atoms with Gasteiger partial charge in [0.1, 0.15) is 0 Å². The van der Waals surface area contributed by atoms with E-state index in [9.17, 15) is 4.79 Å². The zero-order chi connectivity index (χ0) is 13.8. The van der Waals surface area contributed by atoms with Crippen LogP contribution < -0.4 is 0 Å². The molecule has 0 radical (unpaired) electrons. The van der Waals surface area contributed by atoms with Gasteiger partial charge in [0.05, 0.1) is 5.75 Å². The Kier molecular flexibility index (Phi) is 3.74. The molecule has 0 bridgehead atoms. The lowest BCUT2D eigenvalue weighted by molar-refractivity contribution is 0.102. The number of carbonyl (C=O) groups is 1. The van der Waals surface area contributed by atoms with E-state index in [1.165, 1.54) is 11.8 Å². The average Bonchev–Trinajstić information content (AvgIpc) is 2.53. The fourth-order valence-corrected chi connectivity index (χ4v) is 2.63. The highest BCUT2D eigenvalue weighted by molar-refractivity contribution is 7.99. The third kappa shape index (κ3) is 2.86. The summed E-state index contributed by atoms with van der Waals surface area (Å²) >= 11 is 1.36. The molecule has 0 fully saturated rings. The number of thioether (sulfide) groups is 1. The van der Waals surface area contributed by atoms with Gasteiger partial charge in [-0.15, -0.1) is 0 Å². The van der Waals surface area contributed by atoms with Crippen LogP contribution in [0.2, 0.25) is 0 Å². The molecule has 0 unspecified atom stereocenters. The first-order valence-corrected chi connectivity index (χ1v) is 7.23. The quantitative estimate of drug-likeness (QED) is 0.416. The van der Waals surface area contributed by atoms with Crippen LogP contribution in [0.1, 0.15) is 10.4 Å². The molecular weight excluding hydrogens is 268 g/mol. The second kappa shape index (κ2) is 5.84. The van der Waals surface area contributed by atoms with Crippen LogP contribution in [-0.4, -0.2) is 21.5 Å². The summed E-state index contributed by atoms with van der Waals surface area (Å²) < 4.78 is 0. The lowest BCUT2D eigenvalue weighted by Crippen LogP contribution is -2.02. The van der Waals surface area contributed by atoms with Crippen molar-refractivity contribution in [2.75, 3.05) is 5.75 Å². The van der Waals surface area contributed by atoms with Crippen molar-refractivity contribution in [2.45, 2.75) is 5.16 Å². The van der Waals surface area contributed by atoms with E-state index in [1.807, 2.05) is 42.5 Å². The second-order valence-corrected chi connectivity index (χ2v) is 5.25. The molecule has 0 atom stereocenters. The van der Waals surface area contributed by atoms with Crippen LogP contribution in [0.5, 0.6) is 0 Å². The van der Waals surface area contributed by atoms with E-state index in [0.717, 1.165) is 16.3 Å². The molecule has 98 valence electrons. The van der Waals surface area contributed by atoms with E-state index in [-0.39, 0.29) is 5.78 Å². The molecule has 0 amide bonds. The number of rotatable bonds is 4. The highest BCUT2D eigenvalue weighted by Gasteiger charge is 2.08. The predicted molar refractivity (Wildman–Crippen MR) is 81.0 cm³/mol. The number of hydrogen-bond donors (Lipinski definition) is 0. The molecule has 3 rings (SSSR count). The fraction of sp³-hybridized carbons (Fsp3) is 0.0625. The van der Waals surface area contributed by atoms with E-state index in [0.29, 0.717) is 10.9 Å². The Morgan fingerprint density at radius 1 is 0.950 bits per heavy atom. The lowest BCUT2D eigenvalue weighted by Gasteiger charge is -2.03. The molecule has 1 heterocycles. The van der Waals surface area contributed by atoms with Crippen LogP contribution in [0.4, 0.5) is 0 Å². The molecule has 4 heteroatoms. The van der Waals surface area contributed by atoms with E-state index >= 15 is 0 Å². The Hall–Kier alpha value is -2.20. The second-order valence-electron chi connectivity index (χ2n) is 4.31. The molecule has 0 saturated carbocycles. The van der Waals surface area contributed by atoms with Gasteiger partial charge in [0.25, 0.3) is 0 Å². The highest BCUT2D eigenvalue weighted by Crippen LogP contribution is 2.18. The zero-order valence-electron chi connectivity index (χ0n) is 10.7. The number of aromatic nitrogens is 2. The minimum Gasteiger partial charge on any atom is -0.293 e. The van der Waals surface area contributed by atoms with Gasteiger partial charge in [0.2, 0.25) is 0 Å². The summed E-state index contributed by atoms with van der Waals surface area (Å²) in [6.45, 7) is 0. The standard InChI is InChI=1S/C16H12N2OS/c19-15(11-20-16-17-8-3-9-18-16)14-7-6-12-4-1-2-5-13(12)10-14/h1-10H,11H2. The first-order valence-electron chi connectivity index (χ1n) is 6.25. The van der Waals surface area contributed by atoms with Crippen molar-refractivity contribution >= 4 is 28.3 Å². The van der Waals surface area contributed by atoms with E-state index in [4.69, 9.17) is 0 Å². The number of carbonyl (C=O) groups excluding carboxylic acids is 1. The van der Waals surface area contributed by atoms with Gasteiger partial charge in [-0.1, -0.05) is 48.2 Å². The van der Waals surface area contributed by atoms with Gasteiger partial charge in [-0.2, -0.15) is 0 Å². The average molecular weight is 280 g/mol. The van der Waals surface area contributed by atoms with Gasteiger partial charge in [0.15, 0.2) is 10.9 Å². The molecule has 0 aliphatic carbocycles. The van der Waals surface area contributed by atoms with E-state index < -0.39 is 0 Å². The molecule has 2 aromatic carbocycles. The van der Waals surface area contributed by atoms with Crippen LogP contribution >= 0.6 is 11.8 Å². The van der Waals surface area contributed by atoms with Gasteiger partial charge in [0, 0.05) is 18.0 Å². The number of Topliss-reactive ketones (excluding diaryl/α,β-unsaturated/α-hetero) is 1. The van der Waals surface area contributed by atoms with E-state index in [2.05, 4.69) is 9.97 Å². The predicted octanol–water partition coefficient (Wildman–Crippen LogP) is 3.60. The number of ketones is 1. The molecular formula is C16H12N2OS. The first kappa shape index (κ1) is 12.8. The van der Waals surface area contributed by atoms with Crippen LogP contribution in [0.15, 0.2) is 66.1 Å². The molecule has 0 N–H and O–H groups in total. The van der Waals surface area contributed by atoms with Crippen molar-refractivity contribution in [1.29, 1.82) is 0 Å². The summed E-state index contributed by atoms with van der Waals surface area (Å²) in [5.74, 6) is 0.440. The maximum Gasteiger partial charge on any atom is 0.187 e. The summed E-state index contributed by atoms with van der Waals surface area (Å²) in [5, 5.41) is 2.85. The minimum atomic E-state index is 0.0909. The molecule has 0 spiro atoms. The SMILES string of the molecule is O=C(CSc1ncccn1)c1ccc2ccccc2c1. The molecule has 3 aromatic rings. The third-order valence-corrected chi connectivity index (χ3v) is 3.82. The lowest BCUT2D eigenvalue weighted by atomic mass is 10.1. The number of benzene rings is 2. The zero-order valence-corrected chi connectivity index (χ0v) is 11.5. The van der Waals surface area contributed by atoms with Crippen molar-refractivity contribution in [3.05, 3.63) is 66.5 Å². The topological polar surface area (TPSA) is 42.9 Å². The smallest absolute Gasteiger partial charge is 0.187 e. The van der Waals surface area contributed by atoms with Crippen LogP contribution in [0.3, 0.4) is 0 Å². The largest absolute Gasteiger partial charge is 0.293 e. The third-order valence-electron chi connectivity index (χ3n) is 2.95. The van der Waals surface area contributed by atoms with Gasteiger partial charge < -0.3 is 0 Å². The van der Waals surface area contributed by atoms with E-state index in [1.54, 1.807) is 18.5 Å².